The summed E-state index contributed by atoms with van der Waals surface area (Å²) >= 11 is 0. The van der Waals surface area contributed by atoms with Crippen LogP contribution in [0.4, 0.5) is 5.69 Å². The number of aliphatic hydroxyl groups excluding tert-OH is 1. The molecule has 1 aromatic carbocycles. The van der Waals surface area contributed by atoms with Crippen molar-refractivity contribution in [3.8, 4) is 0 Å². The van der Waals surface area contributed by atoms with Gasteiger partial charge in [0.25, 0.3) is 0 Å². The summed E-state index contributed by atoms with van der Waals surface area (Å²) in [5.41, 5.74) is 9.88. The standard InChI is InChI=1S/C15H24N2O/c1-3-13-6-4-5-12(2)14(13)17-9-7-15(16,11-18)8-10-17/h4-6,18H,3,7-11,16H2,1-2H3. The normalized spacial score (nSPS) is 19.0. The quantitative estimate of drug-likeness (QED) is 0.858. The maximum absolute atomic E-state index is 9.32. The van der Waals surface area contributed by atoms with Crippen molar-refractivity contribution in [3.63, 3.8) is 0 Å². The summed E-state index contributed by atoms with van der Waals surface area (Å²) in [4.78, 5) is 2.43. The van der Waals surface area contributed by atoms with Crippen LogP contribution in [-0.2, 0) is 6.42 Å². The molecule has 0 unspecified atom stereocenters. The van der Waals surface area contributed by atoms with E-state index in [4.69, 9.17) is 5.73 Å². The maximum Gasteiger partial charge on any atom is 0.0612 e. The Morgan fingerprint density at radius 1 is 1.33 bits per heavy atom. The highest BCUT2D eigenvalue weighted by Crippen LogP contribution is 2.30. The van der Waals surface area contributed by atoms with Crippen molar-refractivity contribution in [2.45, 2.75) is 38.6 Å². The number of piperidine rings is 1. The van der Waals surface area contributed by atoms with Gasteiger partial charge in [-0.05, 0) is 37.3 Å². The number of nitrogens with zero attached hydrogens (tertiary/aromatic N) is 1. The average Bonchev–Trinajstić information content (AvgIpc) is 2.40. The van der Waals surface area contributed by atoms with E-state index in [-0.39, 0.29) is 12.1 Å². The highest BCUT2D eigenvalue weighted by atomic mass is 16.3. The van der Waals surface area contributed by atoms with E-state index in [1.165, 1.54) is 16.8 Å². The van der Waals surface area contributed by atoms with Crippen LogP contribution < -0.4 is 10.6 Å². The van der Waals surface area contributed by atoms with E-state index < -0.39 is 0 Å². The third-order valence-electron chi connectivity index (χ3n) is 4.09. The Bertz CT molecular complexity index is 409. The molecule has 1 aromatic rings. The average molecular weight is 248 g/mol. The van der Waals surface area contributed by atoms with Crippen LogP contribution in [0.25, 0.3) is 0 Å². The second-order valence-electron chi connectivity index (χ2n) is 5.44. The van der Waals surface area contributed by atoms with Gasteiger partial charge in [-0.1, -0.05) is 25.1 Å². The fraction of sp³-hybridized carbons (Fsp3) is 0.600. The molecule has 2 rings (SSSR count). The van der Waals surface area contributed by atoms with E-state index in [1.807, 2.05) is 0 Å². The number of benzene rings is 1. The lowest BCUT2D eigenvalue weighted by Crippen LogP contribution is -2.53. The third kappa shape index (κ3) is 2.52. The summed E-state index contributed by atoms with van der Waals surface area (Å²) < 4.78 is 0. The fourth-order valence-electron chi connectivity index (χ4n) is 2.79. The molecule has 1 fully saturated rings. The number of aryl methyl sites for hydroxylation is 2. The molecule has 18 heavy (non-hydrogen) atoms. The molecule has 100 valence electrons. The van der Waals surface area contributed by atoms with Crippen molar-refractivity contribution in [3.05, 3.63) is 29.3 Å². The number of para-hydroxylation sites is 1. The van der Waals surface area contributed by atoms with E-state index in [0.717, 1.165) is 32.4 Å². The summed E-state index contributed by atoms with van der Waals surface area (Å²) in [7, 11) is 0. The van der Waals surface area contributed by atoms with Gasteiger partial charge >= 0.3 is 0 Å². The molecular weight excluding hydrogens is 224 g/mol. The number of hydrogen-bond donors (Lipinski definition) is 2. The van der Waals surface area contributed by atoms with Crippen molar-refractivity contribution >= 4 is 5.69 Å². The van der Waals surface area contributed by atoms with Crippen LogP contribution in [-0.4, -0.2) is 30.3 Å². The number of aliphatic hydroxyl groups is 1. The third-order valence-corrected chi connectivity index (χ3v) is 4.09. The molecule has 0 amide bonds. The Kier molecular flexibility index (Phi) is 3.93. The Labute approximate surface area is 110 Å². The van der Waals surface area contributed by atoms with Crippen molar-refractivity contribution in [1.82, 2.24) is 0 Å². The summed E-state index contributed by atoms with van der Waals surface area (Å²) in [5, 5.41) is 9.32. The molecular formula is C15H24N2O. The molecule has 1 heterocycles. The van der Waals surface area contributed by atoms with E-state index in [0.29, 0.717) is 0 Å². The predicted octanol–water partition coefficient (Wildman–Crippen LogP) is 1.85. The van der Waals surface area contributed by atoms with Gasteiger partial charge in [0.05, 0.1) is 6.61 Å². The smallest absolute Gasteiger partial charge is 0.0612 e. The zero-order valence-electron chi connectivity index (χ0n) is 11.4. The zero-order valence-corrected chi connectivity index (χ0v) is 11.4. The molecule has 0 aromatic heterocycles. The van der Waals surface area contributed by atoms with E-state index in [1.54, 1.807) is 0 Å². The summed E-state index contributed by atoms with van der Waals surface area (Å²) in [6.45, 7) is 6.34. The van der Waals surface area contributed by atoms with Crippen LogP contribution in [0.2, 0.25) is 0 Å². The van der Waals surface area contributed by atoms with Crippen LogP contribution in [0, 0.1) is 6.92 Å². The predicted molar refractivity (Wildman–Crippen MR) is 76.0 cm³/mol. The van der Waals surface area contributed by atoms with Crippen molar-refractivity contribution in [1.29, 1.82) is 0 Å². The highest BCUT2D eigenvalue weighted by molar-refractivity contribution is 5.59. The Hall–Kier alpha value is -1.06. The molecule has 0 radical (unpaired) electrons. The first kappa shape index (κ1) is 13.4. The first-order valence-corrected chi connectivity index (χ1v) is 6.83. The summed E-state index contributed by atoms with van der Waals surface area (Å²) in [6, 6.07) is 6.51. The van der Waals surface area contributed by atoms with Crippen LogP contribution in [0.15, 0.2) is 18.2 Å². The molecule has 0 bridgehead atoms. The van der Waals surface area contributed by atoms with Gasteiger partial charge in [-0.3, -0.25) is 0 Å². The Morgan fingerprint density at radius 3 is 2.56 bits per heavy atom. The molecule has 1 aliphatic rings. The maximum atomic E-state index is 9.32. The van der Waals surface area contributed by atoms with Gasteiger partial charge in [-0.25, -0.2) is 0 Å². The van der Waals surface area contributed by atoms with Gasteiger partial charge in [0.2, 0.25) is 0 Å². The number of anilines is 1. The van der Waals surface area contributed by atoms with E-state index >= 15 is 0 Å². The van der Waals surface area contributed by atoms with Crippen LogP contribution >= 0.6 is 0 Å². The molecule has 0 spiro atoms. The first-order chi connectivity index (χ1) is 8.59. The zero-order chi connectivity index (χ0) is 13.2. The lowest BCUT2D eigenvalue weighted by Gasteiger charge is -2.40. The minimum absolute atomic E-state index is 0.0925. The van der Waals surface area contributed by atoms with Gasteiger partial charge in [0, 0.05) is 24.3 Å². The van der Waals surface area contributed by atoms with Crippen molar-refractivity contribution in [2.24, 2.45) is 5.73 Å². The molecule has 0 aliphatic carbocycles. The first-order valence-electron chi connectivity index (χ1n) is 6.83. The van der Waals surface area contributed by atoms with Gasteiger partial charge in [0.1, 0.15) is 0 Å². The Morgan fingerprint density at radius 2 is 2.00 bits per heavy atom. The number of hydrogen-bond acceptors (Lipinski definition) is 3. The summed E-state index contributed by atoms with van der Waals surface area (Å²) in [6.07, 6.45) is 2.78. The van der Waals surface area contributed by atoms with E-state index in [9.17, 15) is 5.11 Å². The summed E-state index contributed by atoms with van der Waals surface area (Å²) in [5.74, 6) is 0. The number of nitrogens with two attached hydrogens (primary N) is 1. The molecule has 0 atom stereocenters. The van der Waals surface area contributed by atoms with Crippen LogP contribution in [0.3, 0.4) is 0 Å². The Balaban J connectivity index is 2.19. The van der Waals surface area contributed by atoms with Crippen LogP contribution in [0.1, 0.15) is 30.9 Å². The molecule has 3 heteroatoms. The topological polar surface area (TPSA) is 49.5 Å². The van der Waals surface area contributed by atoms with Gasteiger partial charge in [0.15, 0.2) is 0 Å². The van der Waals surface area contributed by atoms with Crippen molar-refractivity contribution in [2.75, 3.05) is 24.6 Å². The van der Waals surface area contributed by atoms with Gasteiger partial charge in [-0.15, -0.1) is 0 Å². The second-order valence-corrected chi connectivity index (χ2v) is 5.44. The molecule has 3 N–H and O–H groups in total. The second kappa shape index (κ2) is 5.29. The SMILES string of the molecule is CCc1cccc(C)c1N1CCC(N)(CO)CC1. The lowest BCUT2D eigenvalue weighted by atomic mass is 9.88. The van der Waals surface area contributed by atoms with Gasteiger partial charge in [-0.2, -0.15) is 0 Å². The minimum Gasteiger partial charge on any atom is -0.394 e. The van der Waals surface area contributed by atoms with Gasteiger partial charge < -0.3 is 15.7 Å². The lowest BCUT2D eigenvalue weighted by molar-refractivity contribution is 0.170. The monoisotopic (exact) mass is 248 g/mol. The molecule has 1 saturated heterocycles. The number of rotatable bonds is 3. The minimum atomic E-state index is -0.369. The molecule has 0 saturated carbocycles. The molecule has 1 aliphatic heterocycles. The largest absolute Gasteiger partial charge is 0.394 e. The van der Waals surface area contributed by atoms with E-state index in [2.05, 4.69) is 36.9 Å². The van der Waals surface area contributed by atoms with Crippen LogP contribution in [0.5, 0.6) is 0 Å². The fourth-order valence-corrected chi connectivity index (χ4v) is 2.79. The molecule has 3 nitrogen and oxygen atoms in total. The van der Waals surface area contributed by atoms with Crippen molar-refractivity contribution < 1.29 is 5.11 Å². The highest BCUT2D eigenvalue weighted by Gasteiger charge is 2.30.